The van der Waals surface area contributed by atoms with E-state index in [0.29, 0.717) is 24.2 Å². The lowest BCUT2D eigenvalue weighted by Crippen LogP contribution is -2.47. The zero-order chi connectivity index (χ0) is 24.5. The van der Waals surface area contributed by atoms with Gasteiger partial charge in [-0.25, -0.2) is 15.0 Å². The highest BCUT2D eigenvalue weighted by Gasteiger charge is 2.24. The molecule has 3 rings (SSSR count). The molecule has 2 aromatic rings. The molecule has 8 heteroatoms. The predicted molar refractivity (Wildman–Crippen MR) is 139 cm³/mol. The van der Waals surface area contributed by atoms with E-state index >= 15 is 0 Å². The van der Waals surface area contributed by atoms with Gasteiger partial charge in [0.2, 0.25) is 0 Å². The molecule has 0 aromatic carbocycles. The van der Waals surface area contributed by atoms with Crippen molar-refractivity contribution in [3.05, 3.63) is 23.5 Å². The lowest BCUT2D eigenvalue weighted by molar-refractivity contribution is 0.188. The highest BCUT2D eigenvalue weighted by atomic mass is 16.5. The highest BCUT2D eigenvalue weighted by molar-refractivity contribution is 5.76. The van der Waals surface area contributed by atoms with Crippen LogP contribution in [0.5, 0.6) is 5.88 Å². The second kappa shape index (κ2) is 12.9. The first-order valence-corrected chi connectivity index (χ1v) is 12.8. The van der Waals surface area contributed by atoms with Crippen molar-refractivity contribution >= 4 is 11.6 Å². The van der Waals surface area contributed by atoms with Gasteiger partial charge >= 0.3 is 0 Å². The average Bonchev–Trinajstić information content (AvgIpc) is 2.86. The van der Waals surface area contributed by atoms with E-state index in [0.717, 1.165) is 86.9 Å². The van der Waals surface area contributed by atoms with E-state index < -0.39 is 0 Å². The molecule has 188 valence electrons. The van der Waals surface area contributed by atoms with Crippen LogP contribution < -0.4 is 15.0 Å². The fourth-order valence-corrected chi connectivity index (χ4v) is 4.23. The number of β-amino-alcohol motifs (C(OH)–C–C–N with tert-alkyl or cyclic N) is 1. The smallest absolute Gasteiger partial charge is 0.257 e. The number of nitrogens with one attached hydrogen (secondary N) is 1. The number of pyridine rings is 1. The molecule has 0 amide bonds. The van der Waals surface area contributed by atoms with Crippen molar-refractivity contribution in [3.63, 3.8) is 0 Å². The topological polar surface area (TPSA) is 86.6 Å². The van der Waals surface area contributed by atoms with E-state index in [4.69, 9.17) is 19.7 Å². The third-order valence-electron chi connectivity index (χ3n) is 6.33. The van der Waals surface area contributed by atoms with E-state index in [1.165, 1.54) is 0 Å². The van der Waals surface area contributed by atoms with E-state index in [-0.39, 0.29) is 6.61 Å². The Labute approximate surface area is 204 Å². The van der Waals surface area contributed by atoms with Gasteiger partial charge in [0.25, 0.3) is 5.88 Å². The van der Waals surface area contributed by atoms with Crippen LogP contribution >= 0.6 is 0 Å². The largest absolute Gasteiger partial charge is 0.475 e. The molecule has 8 nitrogen and oxygen atoms in total. The zero-order valence-electron chi connectivity index (χ0n) is 21.6. The maximum atomic E-state index is 9.30. The maximum Gasteiger partial charge on any atom is 0.257 e. The number of unbranched alkanes of at least 4 members (excludes halogenated alkanes) is 2. The highest BCUT2D eigenvalue weighted by Crippen LogP contribution is 2.35. The molecule has 0 aliphatic carbocycles. The van der Waals surface area contributed by atoms with Crippen LogP contribution in [0.3, 0.4) is 0 Å². The Bertz CT molecular complexity index is 912. The van der Waals surface area contributed by atoms with Crippen molar-refractivity contribution in [1.29, 1.82) is 0 Å². The fourth-order valence-electron chi connectivity index (χ4n) is 4.23. The van der Waals surface area contributed by atoms with Gasteiger partial charge in [0.1, 0.15) is 5.82 Å². The van der Waals surface area contributed by atoms with Gasteiger partial charge in [0.05, 0.1) is 24.6 Å². The summed E-state index contributed by atoms with van der Waals surface area (Å²) in [5, 5.41) is 12.5. The molecule has 0 saturated carbocycles. The van der Waals surface area contributed by atoms with E-state index in [1.54, 1.807) is 0 Å². The van der Waals surface area contributed by atoms with Crippen LogP contribution in [-0.4, -0.2) is 77.9 Å². The van der Waals surface area contributed by atoms with Gasteiger partial charge in [-0.2, -0.15) is 0 Å². The van der Waals surface area contributed by atoms with Crippen LogP contribution in [-0.2, 0) is 6.42 Å². The number of anilines is 2. The fraction of sp³-hybridized carbons (Fsp3) is 0.654. The third kappa shape index (κ3) is 6.36. The number of hydrogen-bond acceptors (Lipinski definition) is 8. The minimum atomic E-state index is 0.196. The zero-order valence-corrected chi connectivity index (χ0v) is 21.6. The molecule has 1 aliphatic heterocycles. The normalized spacial score (nSPS) is 14.6. The van der Waals surface area contributed by atoms with Gasteiger partial charge in [0.15, 0.2) is 5.82 Å². The summed E-state index contributed by atoms with van der Waals surface area (Å²) < 4.78 is 6.01. The Balaban J connectivity index is 1.99. The van der Waals surface area contributed by atoms with Crippen LogP contribution in [0.1, 0.15) is 64.3 Å². The molecular formula is C26H42N6O2. The molecule has 3 heterocycles. The van der Waals surface area contributed by atoms with Crippen molar-refractivity contribution in [1.82, 2.24) is 19.9 Å². The Hall–Kier alpha value is -2.45. The lowest BCUT2D eigenvalue weighted by atomic mass is 10.0. The van der Waals surface area contributed by atoms with Crippen LogP contribution in [0.25, 0.3) is 11.3 Å². The van der Waals surface area contributed by atoms with Crippen molar-refractivity contribution < 1.29 is 9.84 Å². The molecule has 0 atom stereocenters. The summed E-state index contributed by atoms with van der Waals surface area (Å²) in [6.45, 7) is 13.8. The number of nitrogens with zero attached hydrogens (tertiary/aromatic N) is 5. The standard InChI is InChI=1S/C26H42N6O2/c1-6-8-9-18-34-26-24(27-5)30-23(21(7-2)29-26)20-10-11-22(19(3)4)28-25(20)32-14-12-31(13-15-32)16-17-33/h10-11,19,33H,6-9,12-18H2,1-5H3,(H,27,30). The average molecular weight is 471 g/mol. The number of aliphatic hydroxyl groups excluding tert-OH is 1. The minimum Gasteiger partial charge on any atom is -0.475 e. The number of aliphatic hydroxyl groups is 1. The number of aryl methyl sites for hydroxylation is 1. The molecule has 1 aliphatic rings. The Morgan fingerprint density at radius 1 is 1.06 bits per heavy atom. The number of ether oxygens (including phenoxy) is 1. The molecular weight excluding hydrogens is 428 g/mol. The monoisotopic (exact) mass is 470 g/mol. The van der Waals surface area contributed by atoms with Crippen molar-refractivity contribution in [2.24, 2.45) is 0 Å². The van der Waals surface area contributed by atoms with Crippen LogP contribution in [0.15, 0.2) is 12.1 Å². The lowest BCUT2D eigenvalue weighted by Gasteiger charge is -2.36. The predicted octanol–water partition coefficient (Wildman–Crippen LogP) is 3.95. The summed E-state index contributed by atoms with van der Waals surface area (Å²) in [5.74, 6) is 2.55. The molecule has 34 heavy (non-hydrogen) atoms. The van der Waals surface area contributed by atoms with Gasteiger partial charge in [0, 0.05) is 51.0 Å². The van der Waals surface area contributed by atoms with Crippen molar-refractivity contribution in [2.45, 2.75) is 59.3 Å². The summed E-state index contributed by atoms with van der Waals surface area (Å²) >= 11 is 0. The van der Waals surface area contributed by atoms with Gasteiger partial charge in [-0.05, 0) is 30.9 Å². The van der Waals surface area contributed by atoms with E-state index in [1.807, 2.05) is 7.05 Å². The summed E-state index contributed by atoms with van der Waals surface area (Å²) in [4.78, 5) is 19.6. The SMILES string of the molecule is CCCCCOc1nc(CC)c(-c2ccc(C(C)C)nc2N2CCN(CCO)CC2)nc1NC. The molecule has 1 saturated heterocycles. The Morgan fingerprint density at radius 3 is 2.44 bits per heavy atom. The minimum absolute atomic E-state index is 0.196. The molecule has 1 fully saturated rings. The molecule has 2 aromatic heterocycles. The summed E-state index contributed by atoms with van der Waals surface area (Å²) in [7, 11) is 1.86. The first kappa shape index (κ1) is 26.2. The Morgan fingerprint density at radius 2 is 1.82 bits per heavy atom. The first-order chi connectivity index (χ1) is 16.5. The molecule has 0 radical (unpaired) electrons. The summed E-state index contributed by atoms with van der Waals surface area (Å²) in [6, 6.07) is 4.27. The number of rotatable bonds is 12. The molecule has 0 bridgehead atoms. The number of aromatic nitrogens is 3. The van der Waals surface area contributed by atoms with E-state index in [2.05, 4.69) is 54.9 Å². The van der Waals surface area contributed by atoms with Crippen LogP contribution in [0.4, 0.5) is 11.6 Å². The van der Waals surface area contributed by atoms with Gasteiger partial charge < -0.3 is 20.1 Å². The van der Waals surface area contributed by atoms with Crippen LogP contribution in [0.2, 0.25) is 0 Å². The second-order valence-corrected chi connectivity index (χ2v) is 9.15. The first-order valence-electron chi connectivity index (χ1n) is 12.8. The second-order valence-electron chi connectivity index (χ2n) is 9.15. The van der Waals surface area contributed by atoms with Crippen LogP contribution in [0, 0.1) is 0 Å². The quantitative estimate of drug-likeness (QED) is 0.451. The van der Waals surface area contributed by atoms with Gasteiger partial charge in [-0.15, -0.1) is 0 Å². The van der Waals surface area contributed by atoms with Gasteiger partial charge in [-0.1, -0.05) is 40.5 Å². The maximum absolute atomic E-state index is 9.30. The molecule has 2 N–H and O–H groups in total. The Kier molecular flexibility index (Phi) is 9.89. The van der Waals surface area contributed by atoms with Crippen molar-refractivity contribution in [2.75, 3.05) is 63.2 Å². The molecule has 0 unspecified atom stereocenters. The summed E-state index contributed by atoms with van der Waals surface area (Å²) in [6.07, 6.45) is 4.07. The van der Waals surface area contributed by atoms with E-state index in [9.17, 15) is 5.11 Å². The third-order valence-corrected chi connectivity index (χ3v) is 6.33. The number of piperazine rings is 1. The summed E-state index contributed by atoms with van der Waals surface area (Å²) in [5.41, 5.74) is 3.87. The van der Waals surface area contributed by atoms with Gasteiger partial charge in [-0.3, -0.25) is 4.90 Å². The molecule has 0 spiro atoms. The number of hydrogen-bond donors (Lipinski definition) is 2. The van der Waals surface area contributed by atoms with Crippen molar-refractivity contribution in [3.8, 4) is 17.1 Å².